The molecule has 0 aliphatic rings. The molecule has 0 fully saturated rings. The Morgan fingerprint density at radius 2 is 2.06 bits per heavy atom. The van der Waals surface area contributed by atoms with Gasteiger partial charge >= 0.3 is 5.97 Å². The van der Waals surface area contributed by atoms with Gasteiger partial charge in [-0.15, -0.1) is 0 Å². The van der Waals surface area contributed by atoms with Crippen molar-refractivity contribution in [2.75, 3.05) is 0 Å². The van der Waals surface area contributed by atoms with Gasteiger partial charge in [0.2, 0.25) is 0 Å². The first-order valence-corrected chi connectivity index (χ1v) is 5.94. The molecule has 0 spiro atoms. The van der Waals surface area contributed by atoms with Gasteiger partial charge in [-0.1, -0.05) is 23.7 Å². The van der Waals surface area contributed by atoms with Crippen LogP contribution in [-0.4, -0.2) is 20.9 Å². The molecule has 0 amide bonds. The zero-order valence-corrected chi connectivity index (χ0v) is 10.7. The number of carboxylic acids is 1. The molecule has 0 radical (unpaired) electrons. The van der Waals surface area contributed by atoms with Crippen LogP contribution in [0.2, 0.25) is 5.02 Å². The Morgan fingerprint density at radius 3 is 2.67 bits per heavy atom. The number of hydrogen-bond acceptors (Lipinski definition) is 2. The van der Waals surface area contributed by atoms with Gasteiger partial charge in [0.1, 0.15) is 0 Å². The molecule has 1 N–H and O–H groups in total. The molecule has 0 bridgehead atoms. The Balaban J connectivity index is 2.33. The minimum Gasteiger partial charge on any atom is -0.481 e. The maximum atomic E-state index is 10.7. The fraction of sp³-hybridized carbons (Fsp3) is 0.231. The molecule has 2 rings (SSSR count). The van der Waals surface area contributed by atoms with E-state index in [0.717, 1.165) is 16.8 Å². The third-order valence-electron chi connectivity index (χ3n) is 2.79. The van der Waals surface area contributed by atoms with E-state index in [4.69, 9.17) is 16.7 Å². The number of hydrogen-bond donors (Lipinski definition) is 1. The van der Waals surface area contributed by atoms with Gasteiger partial charge < -0.3 is 5.11 Å². The number of nitrogens with zero attached hydrogens (tertiary/aromatic N) is 2. The predicted molar refractivity (Wildman–Crippen MR) is 69.6 cm³/mol. The molecule has 0 atom stereocenters. The minimum absolute atomic E-state index is 0.0973. The summed E-state index contributed by atoms with van der Waals surface area (Å²) in [6, 6.07) is 7.43. The molecule has 4 nitrogen and oxygen atoms in total. The summed E-state index contributed by atoms with van der Waals surface area (Å²) in [5.74, 6) is -0.807. The molecule has 0 saturated carbocycles. The van der Waals surface area contributed by atoms with Crippen LogP contribution in [0.5, 0.6) is 0 Å². The van der Waals surface area contributed by atoms with Gasteiger partial charge in [-0.2, -0.15) is 5.10 Å². The van der Waals surface area contributed by atoms with Crippen molar-refractivity contribution in [3.63, 3.8) is 0 Å². The Labute approximate surface area is 110 Å². The van der Waals surface area contributed by atoms with Crippen LogP contribution in [0, 0.1) is 0 Å². The molecule has 0 aliphatic heterocycles. The lowest BCUT2D eigenvalue weighted by Gasteiger charge is -2.05. The molecular formula is C13H13ClN2O2. The van der Waals surface area contributed by atoms with Crippen LogP contribution < -0.4 is 0 Å². The quantitative estimate of drug-likeness (QED) is 0.924. The largest absolute Gasteiger partial charge is 0.481 e. The first kappa shape index (κ1) is 12.6. The van der Waals surface area contributed by atoms with E-state index < -0.39 is 5.97 Å². The molecule has 1 heterocycles. The van der Waals surface area contributed by atoms with Gasteiger partial charge in [-0.3, -0.25) is 9.48 Å². The molecular weight excluding hydrogens is 252 g/mol. The molecule has 18 heavy (non-hydrogen) atoms. The van der Waals surface area contributed by atoms with Gasteiger partial charge in [0.25, 0.3) is 0 Å². The summed E-state index contributed by atoms with van der Waals surface area (Å²) >= 11 is 5.85. The molecule has 0 aliphatic carbocycles. The average Bonchev–Trinajstić information content (AvgIpc) is 2.69. The number of carbonyl (C=O) groups is 1. The van der Waals surface area contributed by atoms with Crippen LogP contribution in [-0.2, 0) is 18.3 Å². The number of carboxylic acid groups (broad SMARTS) is 1. The van der Waals surface area contributed by atoms with Crippen molar-refractivity contribution < 1.29 is 9.90 Å². The maximum Gasteiger partial charge on any atom is 0.303 e. The van der Waals surface area contributed by atoms with Crippen LogP contribution in [0.15, 0.2) is 30.5 Å². The third kappa shape index (κ3) is 2.71. The van der Waals surface area contributed by atoms with E-state index in [1.165, 1.54) is 0 Å². The molecule has 94 valence electrons. The van der Waals surface area contributed by atoms with Gasteiger partial charge in [0.15, 0.2) is 0 Å². The fourth-order valence-electron chi connectivity index (χ4n) is 1.86. The highest BCUT2D eigenvalue weighted by Gasteiger charge is 2.11. The number of rotatable bonds is 4. The highest BCUT2D eigenvalue weighted by Crippen LogP contribution is 2.25. The Hall–Kier alpha value is -1.81. The van der Waals surface area contributed by atoms with E-state index in [1.54, 1.807) is 10.9 Å². The number of aryl methyl sites for hydroxylation is 1. The zero-order chi connectivity index (χ0) is 13.1. The summed E-state index contributed by atoms with van der Waals surface area (Å²) in [5, 5.41) is 13.6. The van der Waals surface area contributed by atoms with Crippen molar-refractivity contribution in [3.8, 4) is 11.1 Å². The monoisotopic (exact) mass is 264 g/mol. The van der Waals surface area contributed by atoms with Crippen LogP contribution in [0.3, 0.4) is 0 Å². The fourth-order valence-corrected chi connectivity index (χ4v) is 1.98. The van der Waals surface area contributed by atoms with Crippen molar-refractivity contribution in [2.45, 2.75) is 12.8 Å². The molecule has 0 saturated heterocycles. The molecule has 2 aromatic rings. The first-order chi connectivity index (χ1) is 8.58. The van der Waals surface area contributed by atoms with Crippen molar-refractivity contribution in [2.24, 2.45) is 7.05 Å². The van der Waals surface area contributed by atoms with Gasteiger partial charge in [0.05, 0.1) is 12.6 Å². The number of benzene rings is 1. The van der Waals surface area contributed by atoms with Crippen LogP contribution in [0.4, 0.5) is 0 Å². The normalized spacial score (nSPS) is 10.6. The van der Waals surface area contributed by atoms with Crippen LogP contribution >= 0.6 is 11.6 Å². The lowest BCUT2D eigenvalue weighted by Crippen LogP contribution is -2.04. The van der Waals surface area contributed by atoms with E-state index in [0.29, 0.717) is 11.4 Å². The topological polar surface area (TPSA) is 55.1 Å². The van der Waals surface area contributed by atoms with E-state index >= 15 is 0 Å². The summed E-state index contributed by atoms with van der Waals surface area (Å²) in [6.45, 7) is 0. The number of aliphatic carboxylic acids is 1. The van der Waals surface area contributed by atoms with Crippen LogP contribution in [0.1, 0.15) is 12.1 Å². The lowest BCUT2D eigenvalue weighted by atomic mass is 10.0. The molecule has 1 aromatic carbocycles. The minimum atomic E-state index is -0.807. The van der Waals surface area contributed by atoms with Gasteiger partial charge in [0, 0.05) is 29.7 Å². The van der Waals surface area contributed by atoms with E-state index in [9.17, 15) is 4.79 Å². The molecule has 0 unspecified atom stereocenters. The Bertz CT molecular complexity index is 561. The maximum absolute atomic E-state index is 10.7. The summed E-state index contributed by atoms with van der Waals surface area (Å²) in [7, 11) is 1.82. The highest BCUT2D eigenvalue weighted by molar-refractivity contribution is 6.30. The van der Waals surface area contributed by atoms with Crippen molar-refractivity contribution in [3.05, 3.63) is 41.2 Å². The smallest absolute Gasteiger partial charge is 0.303 e. The summed E-state index contributed by atoms with van der Waals surface area (Å²) in [6.07, 6.45) is 2.31. The highest BCUT2D eigenvalue weighted by atomic mass is 35.5. The number of aromatic nitrogens is 2. The SMILES string of the molecule is Cn1ncc(-c2ccc(Cl)cc2)c1CCC(=O)O. The van der Waals surface area contributed by atoms with Crippen molar-refractivity contribution in [1.29, 1.82) is 0 Å². The second-order valence-corrected chi connectivity index (χ2v) is 4.47. The van der Waals surface area contributed by atoms with Gasteiger partial charge in [-0.25, -0.2) is 0 Å². The number of halogens is 1. The second kappa shape index (κ2) is 5.23. The average molecular weight is 265 g/mol. The third-order valence-corrected chi connectivity index (χ3v) is 3.04. The standard InChI is InChI=1S/C13H13ClN2O2/c1-16-12(6-7-13(17)18)11(8-15-16)9-2-4-10(14)5-3-9/h2-5,8H,6-7H2,1H3,(H,17,18). The predicted octanol–water partition coefficient (Wildman–Crippen LogP) is 2.76. The summed E-state index contributed by atoms with van der Waals surface area (Å²) < 4.78 is 1.72. The van der Waals surface area contributed by atoms with Crippen molar-refractivity contribution in [1.82, 2.24) is 9.78 Å². The first-order valence-electron chi connectivity index (χ1n) is 5.56. The molecule has 5 heteroatoms. The van der Waals surface area contributed by atoms with E-state index in [-0.39, 0.29) is 6.42 Å². The van der Waals surface area contributed by atoms with Crippen molar-refractivity contribution >= 4 is 17.6 Å². The lowest BCUT2D eigenvalue weighted by molar-refractivity contribution is -0.136. The summed E-state index contributed by atoms with van der Waals surface area (Å²) in [4.78, 5) is 10.7. The van der Waals surface area contributed by atoms with E-state index in [2.05, 4.69) is 5.10 Å². The van der Waals surface area contributed by atoms with E-state index in [1.807, 2.05) is 31.3 Å². The Kier molecular flexibility index (Phi) is 3.67. The van der Waals surface area contributed by atoms with Gasteiger partial charge in [-0.05, 0) is 17.7 Å². The summed E-state index contributed by atoms with van der Waals surface area (Å²) in [5.41, 5.74) is 2.86. The van der Waals surface area contributed by atoms with Crippen LogP contribution in [0.25, 0.3) is 11.1 Å². The second-order valence-electron chi connectivity index (χ2n) is 4.03. The molecule has 1 aromatic heterocycles. The Morgan fingerprint density at radius 1 is 1.39 bits per heavy atom. The zero-order valence-electron chi connectivity index (χ0n) is 9.93.